The minimum atomic E-state index is 1.00. The lowest BCUT2D eigenvalue weighted by atomic mass is 10.1. The zero-order valence-corrected chi connectivity index (χ0v) is 12.1. The van der Waals surface area contributed by atoms with Crippen LogP contribution in [0.3, 0.4) is 0 Å². The summed E-state index contributed by atoms with van der Waals surface area (Å²) in [5.41, 5.74) is 2.19. The summed E-state index contributed by atoms with van der Waals surface area (Å²) in [4.78, 5) is 4.25. The van der Waals surface area contributed by atoms with E-state index in [1.165, 1.54) is 0 Å². The molecule has 0 aliphatic rings. The lowest BCUT2D eigenvalue weighted by Crippen LogP contribution is -1.79. The van der Waals surface area contributed by atoms with Crippen LogP contribution in [0.1, 0.15) is 27.7 Å². The van der Waals surface area contributed by atoms with Gasteiger partial charge in [-0.15, -0.1) is 0 Å². The van der Waals surface area contributed by atoms with Crippen molar-refractivity contribution in [1.29, 1.82) is 0 Å². The standard InChI is InChI=1S/C11H9N.2C2H6.CH4O/c1-2-6-10(7-3-1)11-8-4-5-9-12-11;3*1-2/h1-9H;2*1-2H3;2H,1H3. The molecule has 0 atom stereocenters. The zero-order chi connectivity index (χ0) is 14.2. The third-order valence-corrected chi connectivity index (χ3v) is 1.73. The van der Waals surface area contributed by atoms with Crippen molar-refractivity contribution in [3.05, 3.63) is 54.7 Å². The Morgan fingerprint density at radius 3 is 1.67 bits per heavy atom. The molecule has 0 aliphatic carbocycles. The highest BCUT2D eigenvalue weighted by molar-refractivity contribution is 5.58. The number of aliphatic hydroxyl groups excluding tert-OH is 1. The Morgan fingerprint density at radius 2 is 1.22 bits per heavy atom. The van der Waals surface area contributed by atoms with Crippen LogP contribution in [0.5, 0.6) is 0 Å². The summed E-state index contributed by atoms with van der Waals surface area (Å²) < 4.78 is 0. The van der Waals surface area contributed by atoms with Crippen LogP contribution in [0, 0.1) is 0 Å². The van der Waals surface area contributed by atoms with Crippen molar-refractivity contribution in [2.75, 3.05) is 7.11 Å². The van der Waals surface area contributed by atoms with E-state index in [2.05, 4.69) is 17.1 Å². The van der Waals surface area contributed by atoms with Crippen LogP contribution < -0.4 is 0 Å². The van der Waals surface area contributed by atoms with Crippen molar-refractivity contribution in [1.82, 2.24) is 4.98 Å². The molecular formula is C16H25NO. The molecule has 18 heavy (non-hydrogen) atoms. The lowest BCUT2D eigenvalue weighted by molar-refractivity contribution is 0.399. The van der Waals surface area contributed by atoms with Crippen LogP contribution in [0.15, 0.2) is 54.7 Å². The van der Waals surface area contributed by atoms with Crippen molar-refractivity contribution < 1.29 is 5.11 Å². The first-order valence-corrected chi connectivity index (χ1v) is 6.38. The molecule has 2 rings (SSSR count). The van der Waals surface area contributed by atoms with Gasteiger partial charge in [-0.3, -0.25) is 4.98 Å². The summed E-state index contributed by atoms with van der Waals surface area (Å²) in [5.74, 6) is 0. The summed E-state index contributed by atoms with van der Waals surface area (Å²) in [7, 11) is 1.00. The van der Waals surface area contributed by atoms with Gasteiger partial charge in [-0.05, 0) is 12.1 Å². The predicted octanol–water partition coefficient (Wildman–Crippen LogP) is 4.41. The fraction of sp³-hybridized carbons (Fsp3) is 0.312. The monoisotopic (exact) mass is 247 g/mol. The third-order valence-electron chi connectivity index (χ3n) is 1.73. The van der Waals surface area contributed by atoms with Crippen LogP contribution in [-0.2, 0) is 0 Å². The Balaban J connectivity index is 0. The van der Waals surface area contributed by atoms with Crippen LogP contribution in [-0.4, -0.2) is 17.2 Å². The van der Waals surface area contributed by atoms with E-state index in [0.29, 0.717) is 0 Å². The molecule has 100 valence electrons. The first-order valence-electron chi connectivity index (χ1n) is 6.38. The van der Waals surface area contributed by atoms with Crippen molar-refractivity contribution in [2.24, 2.45) is 0 Å². The van der Waals surface area contributed by atoms with Crippen molar-refractivity contribution in [3.63, 3.8) is 0 Å². The fourth-order valence-corrected chi connectivity index (χ4v) is 1.14. The molecule has 1 aromatic carbocycles. The zero-order valence-electron chi connectivity index (χ0n) is 12.1. The normalized spacial score (nSPS) is 7.44. The largest absolute Gasteiger partial charge is 0.400 e. The Bertz CT molecular complexity index is 308. The van der Waals surface area contributed by atoms with E-state index in [-0.39, 0.29) is 0 Å². The fourth-order valence-electron chi connectivity index (χ4n) is 1.14. The summed E-state index contributed by atoms with van der Waals surface area (Å²) >= 11 is 0. The molecule has 2 nitrogen and oxygen atoms in total. The first-order chi connectivity index (χ1) is 8.97. The molecule has 0 spiro atoms. The Kier molecular flexibility index (Phi) is 15.9. The van der Waals surface area contributed by atoms with Gasteiger partial charge in [0, 0.05) is 18.9 Å². The van der Waals surface area contributed by atoms with Crippen molar-refractivity contribution in [3.8, 4) is 11.3 Å². The summed E-state index contributed by atoms with van der Waals surface area (Å²) in [5, 5.41) is 7.00. The number of aliphatic hydroxyl groups is 1. The summed E-state index contributed by atoms with van der Waals surface area (Å²) in [6.07, 6.45) is 1.81. The van der Waals surface area contributed by atoms with Crippen molar-refractivity contribution in [2.45, 2.75) is 27.7 Å². The van der Waals surface area contributed by atoms with Gasteiger partial charge >= 0.3 is 0 Å². The summed E-state index contributed by atoms with van der Waals surface area (Å²) in [6.45, 7) is 8.00. The Morgan fingerprint density at radius 1 is 0.722 bits per heavy atom. The van der Waals surface area contributed by atoms with Gasteiger partial charge in [0.2, 0.25) is 0 Å². The molecular weight excluding hydrogens is 222 g/mol. The van der Waals surface area contributed by atoms with E-state index in [1.807, 2.05) is 70.3 Å². The van der Waals surface area contributed by atoms with E-state index in [0.717, 1.165) is 18.4 Å². The van der Waals surface area contributed by atoms with Gasteiger partial charge in [-0.1, -0.05) is 64.1 Å². The topological polar surface area (TPSA) is 33.1 Å². The van der Waals surface area contributed by atoms with E-state index in [9.17, 15) is 0 Å². The quantitative estimate of drug-likeness (QED) is 0.809. The predicted molar refractivity (Wildman–Crippen MR) is 80.5 cm³/mol. The molecule has 0 amide bonds. The number of pyridine rings is 1. The number of hydrogen-bond donors (Lipinski definition) is 1. The molecule has 0 saturated carbocycles. The highest BCUT2D eigenvalue weighted by Crippen LogP contribution is 2.14. The third kappa shape index (κ3) is 7.58. The Labute approximate surface area is 111 Å². The molecule has 2 heteroatoms. The number of aromatic nitrogens is 1. The first kappa shape index (κ1) is 18.7. The smallest absolute Gasteiger partial charge is 0.0701 e. The van der Waals surface area contributed by atoms with E-state index >= 15 is 0 Å². The maximum Gasteiger partial charge on any atom is 0.0701 e. The van der Waals surface area contributed by atoms with Gasteiger partial charge in [-0.25, -0.2) is 0 Å². The van der Waals surface area contributed by atoms with Crippen LogP contribution >= 0.6 is 0 Å². The minimum Gasteiger partial charge on any atom is -0.400 e. The van der Waals surface area contributed by atoms with Crippen LogP contribution in [0.25, 0.3) is 11.3 Å². The number of hydrogen-bond acceptors (Lipinski definition) is 2. The SMILES string of the molecule is CC.CC.CO.c1ccc(-c2ccccn2)cc1. The molecule has 0 saturated heterocycles. The van der Waals surface area contributed by atoms with Gasteiger partial charge < -0.3 is 5.11 Å². The molecule has 1 N–H and O–H groups in total. The minimum absolute atomic E-state index is 1.00. The molecule has 1 aromatic heterocycles. The number of benzene rings is 1. The Hall–Kier alpha value is -1.67. The highest BCUT2D eigenvalue weighted by Gasteiger charge is 1.93. The maximum atomic E-state index is 7.00. The van der Waals surface area contributed by atoms with E-state index in [1.54, 1.807) is 0 Å². The maximum absolute atomic E-state index is 7.00. The molecule has 2 aromatic rings. The second-order valence-corrected chi connectivity index (χ2v) is 2.58. The summed E-state index contributed by atoms with van der Waals surface area (Å²) in [6, 6.07) is 16.1. The highest BCUT2D eigenvalue weighted by atomic mass is 16.2. The molecule has 0 aliphatic heterocycles. The molecule has 0 bridgehead atoms. The van der Waals surface area contributed by atoms with Crippen molar-refractivity contribution >= 4 is 0 Å². The average Bonchev–Trinajstić information content (AvgIpc) is 2.55. The van der Waals surface area contributed by atoms with Crippen LogP contribution in [0.2, 0.25) is 0 Å². The van der Waals surface area contributed by atoms with Crippen LogP contribution in [0.4, 0.5) is 0 Å². The molecule has 0 radical (unpaired) electrons. The molecule has 1 heterocycles. The number of nitrogens with zero attached hydrogens (tertiary/aromatic N) is 1. The number of rotatable bonds is 1. The van der Waals surface area contributed by atoms with Gasteiger partial charge in [0.15, 0.2) is 0 Å². The second-order valence-electron chi connectivity index (χ2n) is 2.58. The average molecular weight is 247 g/mol. The van der Waals surface area contributed by atoms with Gasteiger partial charge in [-0.2, -0.15) is 0 Å². The molecule has 0 unspecified atom stereocenters. The van der Waals surface area contributed by atoms with E-state index < -0.39 is 0 Å². The van der Waals surface area contributed by atoms with Gasteiger partial charge in [0.05, 0.1) is 5.69 Å². The molecule has 0 fully saturated rings. The van der Waals surface area contributed by atoms with E-state index in [4.69, 9.17) is 5.11 Å². The van der Waals surface area contributed by atoms with Gasteiger partial charge in [0.25, 0.3) is 0 Å². The lowest BCUT2D eigenvalue weighted by Gasteiger charge is -1.97. The van der Waals surface area contributed by atoms with Gasteiger partial charge in [0.1, 0.15) is 0 Å². The second kappa shape index (κ2) is 15.3.